The molecule has 0 atom stereocenters. The molecule has 6 heteroatoms. The van der Waals surface area contributed by atoms with Gasteiger partial charge in [0.15, 0.2) is 5.76 Å². The van der Waals surface area contributed by atoms with E-state index in [1.807, 2.05) is 42.9 Å². The van der Waals surface area contributed by atoms with E-state index in [-0.39, 0.29) is 17.3 Å². The summed E-state index contributed by atoms with van der Waals surface area (Å²) in [6.07, 6.45) is 6.07. The lowest BCUT2D eigenvalue weighted by Gasteiger charge is -2.30. The number of carbonyl (C=O) groups excluding carboxylic acids is 1. The third kappa shape index (κ3) is 3.78. The minimum Gasteiger partial charge on any atom is -0.507 e. The van der Waals surface area contributed by atoms with Gasteiger partial charge in [-0.3, -0.25) is 9.69 Å². The van der Waals surface area contributed by atoms with Crippen LogP contribution in [0.2, 0.25) is 0 Å². The molecule has 1 fully saturated rings. The van der Waals surface area contributed by atoms with Crippen LogP contribution in [-0.4, -0.2) is 40.6 Å². The van der Waals surface area contributed by atoms with Gasteiger partial charge in [-0.25, -0.2) is 0 Å². The smallest absolute Gasteiger partial charge is 0.232 e. The average Bonchev–Trinajstić information content (AvgIpc) is 3.29. The molecule has 3 aromatic rings. The molecule has 3 heterocycles. The van der Waals surface area contributed by atoms with E-state index in [2.05, 4.69) is 11.8 Å². The number of benzene rings is 2. The first-order chi connectivity index (χ1) is 15.9. The highest BCUT2D eigenvalue weighted by molar-refractivity contribution is 6.16. The highest BCUT2D eigenvalue weighted by Crippen LogP contribution is 2.43. The summed E-state index contributed by atoms with van der Waals surface area (Å²) in [5.41, 5.74) is 3.90. The van der Waals surface area contributed by atoms with Gasteiger partial charge in [-0.05, 0) is 74.7 Å². The van der Waals surface area contributed by atoms with Crippen LogP contribution in [0.15, 0.2) is 36.2 Å². The Morgan fingerprint density at radius 2 is 2.00 bits per heavy atom. The number of phenols is 1. The SMILES string of the molecule is COc1ccc2c(c1)c(/C=C1\Oc3c(CN4CCC(C)CC4)c(O)cc(C)c3C1=O)cn2C. The number of methoxy groups -OCH3 is 1. The highest BCUT2D eigenvalue weighted by atomic mass is 16.5. The summed E-state index contributed by atoms with van der Waals surface area (Å²) >= 11 is 0. The Labute approximate surface area is 194 Å². The second-order valence-corrected chi connectivity index (χ2v) is 9.37. The van der Waals surface area contributed by atoms with E-state index in [1.54, 1.807) is 19.3 Å². The van der Waals surface area contributed by atoms with E-state index in [0.29, 0.717) is 23.4 Å². The van der Waals surface area contributed by atoms with Crippen LogP contribution in [-0.2, 0) is 13.6 Å². The van der Waals surface area contributed by atoms with E-state index < -0.39 is 0 Å². The van der Waals surface area contributed by atoms with Gasteiger partial charge in [0.25, 0.3) is 0 Å². The number of fused-ring (bicyclic) bond motifs is 2. The van der Waals surface area contributed by atoms with E-state index in [1.165, 1.54) is 0 Å². The Morgan fingerprint density at radius 3 is 2.73 bits per heavy atom. The maximum atomic E-state index is 13.4. The quantitative estimate of drug-likeness (QED) is 0.568. The molecule has 1 N–H and O–H groups in total. The van der Waals surface area contributed by atoms with Gasteiger partial charge in [0.05, 0.1) is 18.2 Å². The maximum absolute atomic E-state index is 13.4. The van der Waals surface area contributed by atoms with Gasteiger partial charge in [-0.2, -0.15) is 0 Å². The Balaban J connectivity index is 1.53. The van der Waals surface area contributed by atoms with E-state index in [9.17, 15) is 9.90 Å². The summed E-state index contributed by atoms with van der Waals surface area (Å²) < 4.78 is 13.6. The van der Waals surface area contributed by atoms with Gasteiger partial charge in [0.1, 0.15) is 17.2 Å². The van der Waals surface area contributed by atoms with Crippen molar-refractivity contribution in [3.05, 3.63) is 58.5 Å². The van der Waals surface area contributed by atoms with E-state index >= 15 is 0 Å². The molecule has 0 radical (unpaired) electrons. The van der Waals surface area contributed by atoms with Crippen molar-refractivity contribution in [1.29, 1.82) is 0 Å². The number of likely N-dealkylation sites (tertiary alicyclic amines) is 1. The lowest BCUT2D eigenvalue weighted by Crippen LogP contribution is -2.32. The number of ketones is 1. The summed E-state index contributed by atoms with van der Waals surface area (Å²) in [5.74, 6) is 2.31. The Hall–Kier alpha value is -3.25. The first-order valence-electron chi connectivity index (χ1n) is 11.5. The second-order valence-electron chi connectivity index (χ2n) is 9.37. The van der Waals surface area contributed by atoms with Crippen LogP contribution >= 0.6 is 0 Å². The Bertz CT molecular complexity index is 1280. The fourth-order valence-electron chi connectivity index (χ4n) is 4.96. The van der Waals surface area contributed by atoms with Gasteiger partial charge >= 0.3 is 0 Å². The van der Waals surface area contributed by atoms with Crippen LogP contribution in [0, 0.1) is 12.8 Å². The van der Waals surface area contributed by atoms with Gasteiger partial charge < -0.3 is 19.1 Å². The van der Waals surface area contributed by atoms with Gasteiger partial charge in [0, 0.05) is 36.3 Å². The maximum Gasteiger partial charge on any atom is 0.232 e. The zero-order valence-corrected chi connectivity index (χ0v) is 19.6. The lowest BCUT2D eigenvalue weighted by molar-refractivity contribution is 0.101. The predicted molar refractivity (Wildman–Crippen MR) is 129 cm³/mol. The van der Waals surface area contributed by atoms with Crippen molar-refractivity contribution in [3.8, 4) is 17.2 Å². The molecule has 33 heavy (non-hydrogen) atoms. The number of ether oxygens (including phenoxy) is 2. The first-order valence-corrected chi connectivity index (χ1v) is 11.5. The summed E-state index contributed by atoms with van der Waals surface area (Å²) in [7, 11) is 3.62. The van der Waals surface area contributed by atoms with Crippen molar-refractivity contribution >= 4 is 22.8 Å². The van der Waals surface area contributed by atoms with Crippen molar-refractivity contribution in [2.75, 3.05) is 20.2 Å². The number of nitrogens with zero attached hydrogens (tertiary/aromatic N) is 2. The number of allylic oxidation sites excluding steroid dienone is 1. The van der Waals surface area contributed by atoms with Crippen LogP contribution < -0.4 is 9.47 Å². The minimum absolute atomic E-state index is 0.143. The van der Waals surface area contributed by atoms with E-state index in [0.717, 1.165) is 59.6 Å². The molecule has 0 amide bonds. The van der Waals surface area contributed by atoms with Crippen LogP contribution in [0.1, 0.15) is 46.8 Å². The number of phenolic OH excluding ortho intramolecular Hbond substituents is 1. The molecule has 6 nitrogen and oxygen atoms in total. The van der Waals surface area contributed by atoms with Crippen molar-refractivity contribution in [3.63, 3.8) is 0 Å². The summed E-state index contributed by atoms with van der Waals surface area (Å²) in [5, 5.41) is 11.7. The number of aromatic hydroxyl groups is 1. The third-order valence-corrected chi connectivity index (χ3v) is 6.99. The summed E-state index contributed by atoms with van der Waals surface area (Å²) in [6.45, 7) is 6.67. The largest absolute Gasteiger partial charge is 0.507 e. The van der Waals surface area contributed by atoms with Crippen molar-refractivity contribution in [1.82, 2.24) is 9.47 Å². The fourth-order valence-corrected chi connectivity index (χ4v) is 4.96. The number of Topliss-reactive ketones (excluding diaryl/α,β-unsaturated/α-hetero) is 1. The Kier molecular flexibility index (Phi) is 5.41. The van der Waals surface area contributed by atoms with Crippen molar-refractivity contribution < 1.29 is 19.4 Å². The second kappa shape index (κ2) is 8.27. The van der Waals surface area contributed by atoms with Crippen LogP contribution in [0.4, 0.5) is 0 Å². The molecule has 0 spiro atoms. The number of piperidine rings is 1. The normalized spacial score (nSPS) is 18.2. The standard InChI is InChI=1S/C27H30N2O4/c1-16-7-9-29(10-8-16)15-21-23(30)11-17(2)25-26(31)24(33-27(21)25)12-18-14-28(3)22-6-5-19(32-4)13-20(18)22/h5-6,11-14,16,30H,7-10,15H2,1-4H3/b24-12-. The van der Waals surface area contributed by atoms with Gasteiger partial charge in [-0.15, -0.1) is 0 Å². The predicted octanol–water partition coefficient (Wildman–Crippen LogP) is 5.05. The molecule has 0 unspecified atom stereocenters. The number of aromatic nitrogens is 1. The van der Waals surface area contributed by atoms with Gasteiger partial charge in [-0.1, -0.05) is 6.92 Å². The van der Waals surface area contributed by atoms with Crippen molar-refractivity contribution in [2.45, 2.75) is 33.2 Å². The van der Waals surface area contributed by atoms with E-state index in [4.69, 9.17) is 9.47 Å². The number of hydrogen-bond donors (Lipinski definition) is 1. The number of aryl methyl sites for hydroxylation is 2. The number of hydrogen-bond acceptors (Lipinski definition) is 5. The molecule has 5 rings (SSSR count). The van der Waals surface area contributed by atoms with Crippen LogP contribution in [0.25, 0.3) is 17.0 Å². The molecule has 0 saturated carbocycles. The molecule has 2 aliphatic rings. The molecule has 1 saturated heterocycles. The zero-order valence-electron chi connectivity index (χ0n) is 19.6. The summed E-state index contributed by atoms with van der Waals surface area (Å²) in [4.78, 5) is 15.7. The van der Waals surface area contributed by atoms with Crippen LogP contribution in [0.5, 0.6) is 17.2 Å². The molecule has 172 valence electrons. The lowest BCUT2D eigenvalue weighted by atomic mass is 9.96. The molecular formula is C27H30N2O4. The minimum atomic E-state index is -0.143. The Morgan fingerprint density at radius 1 is 1.24 bits per heavy atom. The first kappa shape index (κ1) is 21.6. The molecule has 2 aliphatic heterocycles. The average molecular weight is 447 g/mol. The molecule has 2 aromatic carbocycles. The molecule has 0 aliphatic carbocycles. The highest BCUT2D eigenvalue weighted by Gasteiger charge is 2.34. The zero-order chi connectivity index (χ0) is 23.3. The van der Waals surface area contributed by atoms with Crippen molar-refractivity contribution in [2.24, 2.45) is 13.0 Å². The van der Waals surface area contributed by atoms with Gasteiger partial charge in [0.2, 0.25) is 5.78 Å². The molecule has 1 aromatic heterocycles. The topological polar surface area (TPSA) is 63.9 Å². The fraction of sp³-hybridized carbons (Fsp3) is 0.370. The third-order valence-electron chi connectivity index (χ3n) is 6.99. The number of rotatable bonds is 4. The molecular weight excluding hydrogens is 416 g/mol. The monoisotopic (exact) mass is 446 g/mol. The molecule has 0 bridgehead atoms. The van der Waals surface area contributed by atoms with Crippen LogP contribution in [0.3, 0.4) is 0 Å². The number of carbonyl (C=O) groups is 1. The summed E-state index contributed by atoms with van der Waals surface area (Å²) in [6, 6.07) is 7.58.